The van der Waals surface area contributed by atoms with Crippen molar-refractivity contribution in [2.75, 3.05) is 5.32 Å². The van der Waals surface area contributed by atoms with E-state index in [0.717, 1.165) is 25.1 Å². The molecule has 1 aromatic heterocycles. The summed E-state index contributed by atoms with van der Waals surface area (Å²) in [5.74, 6) is 1.07. The highest BCUT2D eigenvalue weighted by atomic mass is 35.5. The third-order valence-electron chi connectivity index (χ3n) is 5.21. The molecule has 2 heterocycles. The van der Waals surface area contributed by atoms with Crippen LogP contribution in [0, 0.1) is 6.92 Å². The summed E-state index contributed by atoms with van der Waals surface area (Å²) in [6.07, 6.45) is 4.14. The van der Waals surface area contributed by atoms with E-state index < -0.39 is 0 Å². The van der Waals surface area contributed by atoms with Crippen molar-refractivity contribution in [3.63, 3.8) is 0 Å². The Bertz CT molecular complexity index is 1050. The van der Waals surface area contributed by atoms with Gasteiger partial charge in [0, 0.05) is 16.8 Å². The first-order valence-corrected chi connectivity index (χ1v) is 9.61. The maximum atomic E-state index is 12.6. The number of hydrogen-bond donors (Lipinski definition) is 1. The van der Waals surface area contributed by atoms with Crippen LogP contribution in [0.25, 0.3) is 11.3 Å². The third-order valence-corrected chi connectivity index (χ3v) is 5.21. The minimum Gasteiger partial charge on any atom is -1.00 e. The Morgan fingerprint density at radius 3 is 2.62 bits per heavy atom. The molecule has 1 amide bonds. The number of carbonyl (C=O) groups excluding carboxylic acids is 2. The number of Topliss-reactive ketones (excluding diaryl/α,β-unsaturated/α-hetero) is 1. The number of imidazole rings is 1. The molecule has 5 nitrogen and oxygen atoms in total. The summed E-state index contributed by atoms with van der Waals surface area (Å²) >= 11 is 0. The van der Waals surface area contributed by atoms with Crippen LogP contribution in [-0.2, 0) is 24.3 Å². The van der Waals surface area contributed by atoms with Gasteiger partial charge in [0.25, 0.3) is 11.7 Å². The molecule has 1 aliphatic heterocycles. The predicted octanol–water partition coefficient (Wildman–Crippen LogP) is 0.543. The number of hydrogen-bond acceptors (Lipinski definition) is 2. The van der Waals surface area contributed by atoms with Crippen molar-refractivity contribution in [3.8, 4) is 11.3 Å². The summed E-state index contributed by atoms with van der Waals surface area (Å²) < 4.78 is 4.36. The van der Waals surface area contributed by atoms with Gasteiger partial charge in [-0.1, -0.05) is 42.0 Å². The second-order valence-electron chi connectivity index (χ2n) is 7.36. The van der Waals surface area contributed by atoms with E-state index in [9.17, 15) is 9.59 Å². The van der Waals surface area contributed by atoms with Crippen molar-refractivity contribution >= 4 is 17.4 Å². The molecule has 1 N–H and O–H groups in total. The van der Waals surface area contributed by atoms with Gasteiger partial charge in [-0.15, -0.1) is 0 Å². The fraction of sp³-hybridized carbons (Fsp3) is 0.261. The van der Waals surface area contributed by atoms with Crippen molar-refractivity contribution in [2.45, 2.75) is 39.8 Å². The smallest absolute Gasteiger partial charge is 0.266 e. The summed E-state index contributed by atoms with van der Waals surface area (Å²) in [6, 6.07) is 15.5. The average Bonchev–Trinajstić information content (AvgIpc) is 3.27. The first kappa shape index (κ1) is 20.8. The van der Waals surface area contributed by atoms with Crippen molar-refractivity contribution in [1.29, 1.82) is 0 Å². The first-order valence-electron chi connectivity index (χ1n) is 9.61. The van der Waals surface area contributed by atoms with Crippen molar-refractivity contribution in [1.82, 2.24) is 4.57 Å². The maximum absolute atomic E-state index is 12.6. The van der Waals surface area contributed by atoms with E-state index in [-0.39, 0.29) is 30.6 Å². The molecule has 6 heteroatoms. The van der Waals surface area contributed by atoms with Crippen molar-refractivity contribution in [3.05, 3.63) is 71.7 Å². The molecule has 0 fully saturated rings. The van der Waals surface area contributed by atoms with Gasteiger partial charge in [0.1, 0.15) is 6.20 Å². The Hall–Kier alpha value is -2.92. The van der Waals surface area contributed by atoms with Gasteiger partial charge in [-0.05, 0) is 32.4 Å². The van der Waals surface area contributed by atoms with Gasteiger partial charge in [0.2, 0.25) is 0 Å². The van der Waals surface area contributed by atoms with Gasteiger partial charge < -0.3 is 17.7 Å². The monoisotopic (exact) mass is 409 g/mol. The molecule has 0 spiro atoms. The summed E-state index contributed by atoms with van der Waals surface area (Å²) in [5, 5.41) is 2.91. The molecule has 3 aromatic rings. The Morgan fingerprint density at radius 2 is 1.90 bits per heavy atom. The van der Waals surface area contributed by atoms with E-state index in [1.807, 2.05) is 4.57 Å². The van der Waals surface area contributed by atoms with Crippen LogP contribution in [0.15, 0.2) is 54.7 Å². The number of rotatable bonds is 5. The van der Waals surface area contributed by atoms with E-state index in [2.05, 4.69) is 47.3 Å². The highest BCUT2D eigenvalue weighted by Crippen LogP contribution is 2.25. The summed E-state index contributed by atoms with van der Waals surface area (Å²) in [4.78, 5) is 24.2. The van der Waals surface area contributed by atoms with Gasteiger partial charge in [0.05, 0.1) is 13.0 Å². The van der Waals surface area contributed by atoms with Crippen LogP contribution in [0.1, 0.15) is 35.1 Å². The normalized spacial score (nSPS) is 12.2. The largest absolute Gasteiger partial charge is 1.00 e. The van der Waals surface area contributed by atoms with E-state index in [4.69, 9.17) is 0 Å². The highest BCUT2D eigenvalue weighted by molar-refractivity contribution is 5.96. The lowest BCUT2D eigenvalue weighted by molar-refractivity contribution is -0.690. The van der Waals surface area contributed by atoms with E-state index >= 15 is 0 Å². The molecule has 2 aromatic carbocycles. The molecular formula is C23H24ClN3O2. The zero-order valence-corrected chi connectivity index (χ0v) is 17.4. The second-order valence-corrected chi connectivity index (χ2v) is 7.36. The van der Waals surface area contributed by atoms with E-state index in [0.29, 0.717) is 11.3 Å². The number of carbonyl (C=O) groups is 2. The number of aryl methyl sites for hydroxylation is 1. The number of amides is 1. The predicted molar refractivity (Wildman–Crippen MR) is 108 cm³/mol. The third kappa shape index (κ3) is 4.40. The van der Waals surface area contributed by atoms with Gasteiger partial charge in [-0.3, -0.25) is 9.59 Å². The number of halogens is 1. The molecule has 0 radical (unpaired) electrons. The van der Waals surface area contributed by atoms with Gasteiger partial charge in [-0.2, -0.15) is 0 Å². The lowest BCUT2D eigenvalue weighted by Gasteiger charge is -2.05. The second kappa shape index (κ2) is 8.62. The lowest BCUT2D eigenvalue weighted by Crippen LogP contribution is -3.00. The van der Waals surface area contributed by atoms with Gasteiger partial charge in [0.15, 0.2) is 18.0 Å². The Balaban J connectivity index is 0.00000240. The van der Waals surface area contributed by atoms with Crippen LogP contribution in [0.3, 0.4) is 0 Å². The minimum absolute atomic E-state index is 0. The van der Waals surface area contributed by atoms with Gasteiger partial charge >= 0.3 is 0 Å². The van der Waals surface area contributed by atoms with Crippen molar-refractivity contribution < 1.29 is 26.6 Å². The number of fused-ring (bicyclic) bond motifs is 1. The Morgan fingerprint density at radius 1 is 1.14 bits per heavy atom. The molecule has 0 aliphatic carbocycles. The van der Waals surface area contributed by atoms with E-state index in [1.165, 1.54) is 23.9 Å². The molecule has 0 bridgehead atoms. The van der Waals surface area contributed by atoms with Gasteiger partial charge in [-0.25, -0.2) is 9.13 Å². The SMILES string of the molecule is CC(=O)c1cccc(NC(=O)C[n+]2cc(-c3ccc(C)cc3)n3c2CCC3)c1.[Cl-]. The topological polar surface area (TPSA) is 55.0 Å². The van der Waals surface area contributed by atoms with Crippen LogP contribution in [-0.4, -0.2) is 16.3 Å². The first-order chi connectivity index (χ1) is 13.5. The highest BCUT2D eigenvalue weighted by Gasteiger charge is 2.29. The molecule has 0 atom stereocenters. The Labute approximate surface area is 176 Å². The van der Waals surface area contributed by atoms with Crippen molar-refractivity contribution in [2.24, 2.45) is 0 Å². The average molecular weight is 410 g/mol. The fourth-order valence-electron chi connectivity index (χ4n) is 3.77. The minimum atomic E-state index is -0.0959. The van der Waals surface area contributed by atoms with E-state index in [1.54, 1.807) is 24.3 Å². The van der Waals surface area contributed by atoms with Crippen LogP contribution >= 0.6 is 0 Å². The van der Waals surface area contributed by atoms with Crippen LogP contribution < -0.4 is 22.3 Å². The summed E-state index contributed by atoms with van der Waals surface area (Å²) in [6.45, 7) is 4.84. The maximum Gasteiger partial charge on any atom is 0.266 e. The number of nitrogens with zero attached hydrogens (tertiary/aromatic N) is 2. The fourth-order valence-corrected chi connectivity index (χ4v) is 3.77. The van der Waals surface area contributed by atoms with Crippen LogP contribution in [0.2, 0.25) is 0 Å². The standard InChI is InChI=1S/C23H23N3O2.ClH/c1-16-8-10-18(11-9-16)21-14-25(23-7-4-12-26(21)23)15-22(28)24-20-6-3-5-19(13-20)17(2)27;/h3,5-6,8-11,13-14H,4,7,12,15H2,1-2H3;1H. The molecule has 150 valence electrons. The molecule has 0 saturated heterocycles. The molecule has 4 rings (SSSR count). The van der Waals surface area contributed by atoms with Crippen LogP contribution in [0.5, 0.6) is 0 Å². The number of benzene rings is 2. The molecule has 0 saturated carbocycles. The molecule has 1 aliphatic rings. The Kier molecular flexibility index (Phi) is 6.18. The number of nitrogens with one attached hydrogen (secondary N) is 1. The number of aromatic nitrogens is 2. The number of anilines is 1. The summed E-state index contributed by atoms with van der Waals surface area (Å²) in [7, 11) is 0. The molecular weight excluding hydrogens is 386 g/mol. The summed E-state index contributed by atoms with van der Waals surface area (Å²) in [5.41, 5.74) is 4.79. The zero-order valence-electron chi connectivity index (χ0n) is 16.6. The lowest BCUT2D eigenvalue weighted by atomic mass is 10.1. The zero-order chi connectivity index (χ0) is 19.7. The molecule has 0 unspecified atom stereocenters. The quantitative estimate of drug-likeness (QED) is 0.494. The van der Waals surface area contributed by atoms with Crippen LogP contribution in [0.4, 0.5) is 5.69 Å². The number of ketones is 1. The molecule has 29 heavy (non-hydrogen) atoms.